The van der Waals surface area contributed by atoms with Gasteiger partial charge in [0.05, 0.1) is 5.41 Å². The van der Waals surface area contributed by atoms with Crippen LogP contribution in [0.3, 0.4) is 0 Å². The summed E-state index contributed by atoms with van der Waals surface area (Å²) >= 11 is 0. The van der Waals surface area contributed by atoms with Crippen LogP contribution in [0.1, 0.15) is 38.5 Å². The van der Waals surface area contributed by atoms with Crippen LogP contribution in [0.2, 0.25) is 0 Å². The Kier molecular flexibility index (Phi) is 5.37. The van der Waals surface area contributed by atoms with Gasteiger partial charge in [0.25, 0.3) is 0 Å². The lowest BCUT2D eigenvalue weighted by atomic mass is 9.72. The molecule has 0 bridgehead atoms. The lowest BCUT2D eigenvalue weighted by molar-refractivity contribution is -0.139. The Bertz CT molecular complexity index is 586. The molecule has 0 radical (unpaired) electrons. The predicted octanol–water partition coefficient (Wildman–Crippen LogP) is 4.24. The standard InChI is InChI=1S/C19H25F3N2O/c20-19(21,22)11-6-13-23-12-4-9-18(15-23)10-5-14-24(17(18)25)16-7-2-1-3-8-16/h1-3,7-8H,4-6,9-15H2. The van der Waals surface area contributed by atoms with E-state index in [1.165, 1.54) is 0 Å². The fourth-order valence-corrected chi connectivity index (χ4v) is 4.22. The van der Waals surface area contributed by atoms with E-state index >= 15 is 0 Å². The Hall–Kier alpha value is -1.56. The first-order valence-corrected chi connectivity index (χ1v) is 9.06. The third-order valence-electron chi connectivity index (χ3n) is 5.39. The molecule has 2 aliphatic heterocycles. The molecule has 0 saturated carbocycles. The third kappa shape index (κ3) is 4.35. The van der Waals surface area contributed by atoms with Crippen LogP contribution in [-0.4, -0.2) is 43.2 Å². The molecule has 0 aliphatic carbocycles. The predicted molar refractivity (Wildman–Crippen MR) is 91.4 cm³/mol. The number of likely N-dealkylation sites (tertiary alicyclic amines) is 1. The Morgan fingerprint density at radius 3 is 2.40 bits per heavy atom. The zero-order chi connectivity index (χ0) is 17.9. The molecule has 2 fully saturated rings. The van der Waals surface area contributed by atoms with Gasteiger partial charge in [0, 0.05) is 25.2 Å². The Labute approximate surface area is 146 Å². The molecule has 1 aromatic carbocycles. The van der Waals surface area contributed by atoms with Crippen molar-refractivity contribution in [2.24, 2.45) is 5.41 Å². The number of para-hydroxylation sites is 1. The zero-order valence-electron chi connectivity index (χ0n) is 14.4. The lowest BCUT2D eigenvalue weighted by Crippen LogP contribution is -2.56. The summed E-state index contributed by atoms with van der Waals surface area (Å²) in [7, 11) is 0. The largest absolute Gasteiger partial charge is 0.389 e. The highest BCUT2D eigenvalue weighted by molar-refractivity contribution is 5.98. The van der Waals surface area contributed by atoms with Gasteiger partial charge in [-0.1, -0.05) is 18.2 Å². The number of carbonyl (C=O) groups is 1. The number of benzene rings is 1. The van der Waals surface area contributed by atoms with Gasteiger partial charge in [-0.2, -0.15) is 13.2 Å². The molecular weight excluding hydrogens is 329 g/mol. The van der Waals surface area contributed by atoms with E-state index in [9.17, 15) is 18.0 Å². The number of nitrogens with zero attached hydrogens (tertiary/aromatic N) is 2. The van der Waals surface area contributed by atoms with E-state index in [4.69, 9.17) is 0 Å². The smallest absolute Gasteiger partial charge is 0.312 e. The summed E-state index contributed by atoms with van der Waals surface area (Å²) in [6.07, 6.45) is -1.25. The molecule has 2 saturated heterocycles. The van der Waals surface area contributed by atoms with Gasteiger partial charge < -0.3 is 9.80 Å². The van der Waals surface area contributed by atoms with Gasteiger partial charge in [-0.3, -0.25) is 4.79 Å². The minimum atomic E-state index is -4.10. The fourth-order valence-electron chi connectivity index (χ4n) is 4.22. The van der Waals surface area contributed by atoms with Gasteiger partial charge in [-0.05, 0) is 57.3 Å². The number of halogens is 3. The summed E-state index contributed by atoms with van der Waals surface area (Å²) in [5.74, 6) is 0.144. The average molecular weight is 354 g/mol. The quantitative estimate of drug-likeness (QED) is 0.807. The van der Waals surface area contributed by atoms with E-state index in [0.717, 1.165) is 44.5 Å². The van der Waals surface area contributed by atoms with Crippen molar-refractivity contribution >= 4 is 11.6 Å². The van der Waals surface area contributed by atoms with Crippen LogP contribution >= 0.6 is 0 Å². The average Bonchev–Trinajstić information content (AvgIpc) is 2.58. The van der Waals surface area contributed by atoms with Crippen molar-refractivity contribution < 1.29 is 18.0 Å². The number of carbonyl (C=O) groups excluding carboxylic acids is 1. The summed E-state index contributed by atoms with van der Waals surface area (Å²) < 4.78 is 37.1. The van der Waals surface area contributed by atoms with E-state index in [1.807, 2.05) is 35.2 Å². The summed E-state index contributed by atoms with van der Waals surface area (Å²) in [6.45, 7) is 2.52. The second-order valence-corrected chi connectivity index (χ2v) is 7.27. The maximum Gasteiger partial charge on any atom is 0.389 e. The highest BCUT2D eigenvalue weighted by atomic mass is 19.4. The lowest BCUT2D eigenvalue weighted by Gasteiger charge is -2.47. The van der Waals surface area contributed by atoms with Crippen LogP contribution < -0.4 is 4.90 Å². The Morgan fingerprint density at radius 1 is 1.04 bits per heavy atom. The number of amides is 1. The van der Waals surface area contributed by atoms with E-state index < -0.39 is 18.0 Å². The van der Waals surface area contributed by atoms with Gasteiger partial charge in [0.1, 0.15) is 0 Å². The molecule has 0 aromatic heterocycles. The van der Waals surface area contributed by atoms with Crippen LogP contribution in [0.25, 0.3) is 0 Å². The summed E-state index contributed by atoms with van der Waals surface area (Å²) in [5, 5.41) is 0. The van der Waals surface area contributed by atoms with Gasteiger partial charge in [-0.25, -0.2) is 0 Å². The fraction of sp³-hybridized carbons (Fsp3) is 0.632. The highest BCUT2D eigenvalue weighted by Gasteiger charge is 2.46. The van der Waals surface area contributed by atoms with E-state index in [-0.39, 0.29) is 12.3 Å². The molecule has 0 N–H and O–H groups in total. The van der Waals surface area contributed by atoms with Crippen LogP contribution in [0.5, 0.6) is 0 Å². The van der Waals surface area contributed by atoms with E-state index in [2.05, 4.69) is 4.90 Å². The van der Waals surface area contributed by atoms with Crippen molar-refractivity contribution in [2.45, 2.75) is 44.7 Å². The second-order valence-electron chi connectivity index (χ2n) is 7.27. The molecule has 1 aromatic rings. The first kappa shape index (κ1) is 18.2. The zero-order valence-corrected chi connectivity index (χ0v) is 14.4. The van der Waals surface area contributed by atoms with Crippen molar-refractivity contribution in [3.63, 3.8) is 0 Å². The van der Waals surface area contributed by atoms with E-state index in [1.54, 1.807) is 0 Å². The third-order valence-corrected chi connectivity index (χ3v) is 5.39. The molecule has 2 aliphatic rings. The maximum absolute atomic E-state index is 13.2. The van der Waals surface area contributed by atoms with Crippen LogP contribution in [0.4, 0.5) is 18.9 Å². The minimum Gasteiger partial charge on any atom is -0.312 e. The van der Waals surface area contributed by atoms with Gasteiger partial charge >= 0.3 is 6.18 Å². The molecule has 3 nitrogen and oxygen atoms in total. The molecule has 1 unspecified atom stereocenters. The molecule has 1 spiro atoms. The van der Waals surface area contributed by atoms with Crippen LogP contribution in [0, 0.1) is 5.41 Å². The van der Waals surface area contributed by atoms with Crippen molar-refractivity contribution in [3.05, 3.63) is 30.3 Å². The SMILES string of the molecule is O=C1N(c2ccccc2)CCCC12CCCN(CCCC(F)(F)F)C2. The topological polar surface area (TPSA) is 23.6 Å². The van der Waals surface area contributed by atoms with Crippen molar-refractivity contribution in [3.8, 4) is 0 Å². The van der Waals surface area contributed by atoms with Crippen molar-refractivity contribution in [1.82, 2.24) is 4.90 Å². The monoisotopic (exact) mass is 354 g/mol. The summed E-state index contributed by atoms with van der Waals surface area (Å²) in [5.41, 5.74) is 0.491. The first-order chi connectivity index (χ1) is 11.9. The molecule has 2 heterocycles. The number of hydrogen-bond donors (Lipinski definition) is 0. The summed E-state index contributed by atoms with van der Waals surface area (Å²) in [4.78, 5) is 17.1. The minimum absolute atomic E-state index is 0.107. The molecular formula is C19H25F3N2O. The number of hydrogen-bond acceptors (Lipinski definition) is 2. The van der Waals surface area contributed by atoms with E-state index in [0.29, 0.717) is 13.1 Å². The first-order valence-electron chi connectivity index (χ1n) is 9.06. The maximum atomic E-state index is 13.2. The Balaban J connectivity index is 1.66. The molecule has 1 amide bonds. The second kappa shape index (κ2) is 7.36. The molecule has 1 atom stereocenters. The number of alkyl halides is 3. The molecule has 3 rings (SSSR count). The normalized spacial score (nSPS) is 25.6. The van der Waals surface area contributed by atoms with Crippen molar-refractivity contribution in [1.29, 1.82) is 0 Å². The van der Waals surface area contributed by atoms with Crippen molar-refractivity contribution in [2.75, 3.05) is 31.1 Å². The van der Waals surface area contributed by atoms with Gasteiger partial charge in [0.2, 0.25) is 5.91 Å². The van der Waals surface area contributed by atoms with Crippen LogP contribution in [0.15, 0.2) is 30.3 Å². The highest BCUT2D eigenvalue weighted by Crippen LogP contribution is 2.41. The Morgan fingerprint density at radius 2 is 1.72 bits per heavy atom. The van der Waals surface area contributed by atoms with Crippen LogP contribution in [-0.2, 0) is 4.79 Å². The molecule has 6 heteroatoms. The number of anilines is 1. The van der Waals surface area contributed by atoms with Gasteiger partial charge in [0.15, 0.2) is 0 Å². The summed E-state index contributed by atoms with van der Waals surface area (Å²) in [6, 6.07) is 9.67. The number of piperidine rings is 2. The molecule has 138 valence electrons. The molecule has 25 heavy (non-hydrogen) atoms. The number of rotatable bonds is 4. The van der Waals surface area contributed by atoms with Gasteiger partial charge in [-0.15, -0.1) is 0 Å².